The highest BCUT2D eigenvalue weighted by Crippen LogP contribution is 2.00. The van der Waals surface area contributed by atoms with Gasteiger partial charge in [0.15, 0.2) is 0 Å². The Morgan fingerprint density at radius 2 is 2.11 bits per heavy atom. The molecule has 1 aliphatic heterocycles. The Morgan fingerprint density at radius 3 is 2.72 bits per heavy atom. The molecule has 0 atom stereocenters. The van der Waals surface area contributed by atoms with Crippen molar-refractivity contribution in [1.82, 2.24) is 20.0 Å². The Morgan fingerprint density at radius 1 is 1.33 bits per heavy atom. The molecule has 0 spiro atoms. The number of carbonyl (C=O) groups is 2. The van der Waals surface area contributed by atoms with Crippen molar-refractivity contribution >= 4 is 11.9 Å². The number of amides is 3. The molecule has 1 N–H and O–H groups in total. The second kappa shape index (κ2) is 5.03. The molecule has 2 rings (SSSR count). The Balaban J connectivity index is 1.99. The van der Waals surface area contributed by atoms with E-state index in [0.717, 1.165) is 16.0 Å². The third-order valence-corrected chi connectivity index (χ3v) is 2.58. The van der Waals surface area contributed by atoms with Crippen LogP contribution in [0.3, 0.4) is 0 Å². The van der Waals surface area contributed by atoms with E-state index in [4.69, 9.17) is 4.42 Å². The molecular formula is C10H14N4O4. The topological polar surface area (TPSA) is 97.4 Å². The van der Waals surface area contributed by atoms with Gasteiger partial charge >= 0.3 is 11.8 Å². The first kappa shape index (κ1) is 12.3. The predicted octanol–water partition coefficient (Wildman–Crippen LogP) is -0.659. The Hall–Kier alpha value is -2.12. The van der Waals surface area contributed by atoms with E-state index in [9.17, 15) is 14.4 Å². The lowest BCUT2D eigenvalue weighted by Crippen LogP contribution is -2.35. The lowest BCUT2D eigenvalue weighted by atomic mass is 10.3. The average molecular weight is 254 g/mol. The zero-order chi connectivity index (χ0) is 13.1. The van der Waals surface area contributed by atoms with Gasteiger partial charge in [0.2, 0.25) is 11.8 Å². The van der Waals surface area contributed by atoms with Crippen molar-refractivity contribution in [2.45, 2.75) is 26.3 Å². The smallest absolute Gasteiger partial charge is 0.392 e. The summed E-state index contributed by atoms with van der Waals surface area (Å²) in [7, 11) is 0. The third-order valence-electron chi connectivity index (χ3n) is 2.58. The molecule has 0 radical (unpaired) electrons. The first-order valence-corrected chi connectivity index (χ1v) is 5.77. The molecule has 8 nitrogen and oxygen atoms in total. The largest absolute Gasteiger partial charge is 0.437 e. The van der Waals surface area contributed by atoms with Crippen LogP contribution in [0, 0.1) is 0 Å². The number of imide groups is 1. The molecule has 18 heavy (non-hydrogen) atoms. The zero-order valence-electron chi connectivity index (χ0n) is 10.0. The fourth-order valence-corrected chi connectivity index (χ4v) is 1.68. The molecule has 0 aliphatic carbocycles. The van der Waals surface area contributed by atoms with E-state index in [-0.39, 0.29) is 25.5 Å². The van der Waals surface area contributed by atoms with E-state index >= 15 is 0 Å². The molecule has 1 saturated heterocycles. The van der Waals surface area contributed by atoms with E-state index in [1.54, 1.807) is 0 Å². The molecule has 0 unspecified atom stereocenters. The van der Waals surface area contributed by atoms with Gasteiger partial charge in [0, 0.05) is 6.42 Å². The molecule has 0 bridgehead atoms. The Bertz CT molecular complexity index is 502. The summed E-state index contributed by atoms with van der Waals surface area (Å²) >= 11 is 0. The average Bonchev–Trinajstić information content (AvgIpc) is 2.82. The fourth-order valence-electron chi connectivity index (χ4n) is 1.68. The molecule has 98 valence electrons. The molecule has 2 heterocycles. The lowest BCUT2D eigenvalue weighted by molar-refractivity contribution is -0.125. The van der Waals surface area contributed by atoms with Crippen LogP contribution in [0.5, 0.6) is 0 Å². The number of carbonyl (C=O) groups excluding carboxylic acids is 2. The molecule has 0 aromatic carbocycles. The first-order valence-electron chi connectivity index (χ1n) is 5.77. The lowest BCUT2D eigenvalue weighted by Gasteiger charge is -2.10. The van der Waals surface area contributed by atoms with E-state index in [2.05, 4.69) is 10.4 Å². The summed E-state index contributed by atoms with van der Waals surface area (Å²) in [4.78, 5) is 35.0. The summed E-state index contributed by atoms with van der Waals surface area (Å²) in [5, 5.41) is 6.38. The number of hydrogen-bond donors (Lipinski definition) is 1. The summed E-state index contributed by atoms with van der Waals surface area (Å²) in [6.07, 6.45) is 1.42. The first-order chi connectivity index (χ1) is 8.61. The van der Waals surface area contributed by atoms with Gasteiger partial charge in [-0.3, -0.25) is 9.69 Å². The molecule has 1 aromatic heterocycles. The van der Waals surface area contributed by atoms with Gasteiger partial charge in [-0.05, 0) is 6.42 Å². The van der Waals surface area contributed by atoms with E-state index in [0.29, 0.717) is 12.3 Å². The highest BCUT2D eigenvalue weighted by molar-refractivity contribution is 6.01. The maximum Gasteiger partial charge on any atom is 0.437 e. The number of aromatic nitrogens is 2. The number of rotatable bonds is 5. The fraction of sp³-hybridized carbons (Fsp3) is 0.600. The molecule has 1 aromatic rings. The van der Waals surface area contributed by atoms with Crippen molar-refractivity contribution in [3.63, 3.8) is 0 Å². The Labute approximate surface area is 103 Å². The van der Waals surface area contributed by atoms with E-state index in [1.807, 2.05) is 6.92 Å². The third kappa shape index (κ3) is 2.41. The number of urea groups is 1. The second-order valence-corrected chi connectivity index (χ2v) is 3.94. The highest BCUT2D eigenvalue weighted by Gasteiger charge is 2.28. The van der Waals surface area contributed by atoms with E-state index < -0.39 is 11.8 Å². The van der Waals surface area contributed by atoms with Crippen molar-refractivity contribution < 1.29 is 14.0 Å². The molecule has 1 aliphatic rings. The molecular weight excluding hydrogens is 240 g/mol. The summed E-state index contributed by atoms with van der Waals surface area (Å²) in [6, 6.07) is -0.440. The minimum absolute atomic E-state index is 0.00757. The Kier molecular flexibility index (Phi) is 3.45. The van der Waals surface area contributed by atoms with Crippen LogP contribution in [0.15, 0.2) is 9.21 Å². The summed E-state index contributed by atoms with van der Waals surface area (Å²) in [5.74, 6) is -0.490. The number of hydrogen-bond acceptors (Lipinski definition) is 5. The van der Waals surface area contributed by atoms with Crippen molar-refractivity contribution in [3.05, 3.63) is 16.4 Å². The molecule has 8 heteroatoms. The van der Waals surface area contributed by atoms with Crippen LogP contribution in [0.4, 0.5) is 4.79 Å². The van der Waals surface area contributed by atoms with Gasteiger partial charge in [0.1, 0.15) is 0 Å². The van der Waals surface area contributed by atoms with Gasteiger partial charge < -0.3 is 9.73 Å². The zero-order valence-corrected chi connectivity index (χ0v) is 10.0. The number of nitrogens with zero attached hydrogens (tertiary/aromatic N) is 3. The van der Waals surface area contributed by atoms with Gasteiger partial charge in [0.05, 0.1) is 19.6 Å². The standard InChI is InChI=1S/C10H14N4O4/c1-2-3-7-12-14(10(17)18-7)5-4-13-8(15)6-11-9(13)16/h2-6H2,1H3,(H,11,16). The molecule has 1 fully saturated rings. The normalized spacial score (nSPS) is 15.3. The number of aryl methyl sites for hydroxylation is 1. The van der Waals surface area contributed by atoms with Crippen LogP contribution in [0.2, 0.25) is 0 Å². The molecule has 0 saturated carbocycles. The number of nitrogens with one attached hydrogen (secondary N) is 1. The minimum atomic E-state index is -0.564. The van der Waals surface area contributed by atoms with Crippen LogP contribution in [0.25, 0.3) is 0 Å². The maximum absolute atomic E-state index is 11.4. The van der Waals surface area contributed by atoms with Gasteiger partial charge in [-0.25, -0.2) is 9.59 Å². The van der Waals surface area contributed by atoms with Crippen molar-refractivity contribution in [1.29, 1.82) is 0 Å². The van der Waals surface area contributed by atoms with Crippen molar-refractivity contribution in [3.8, 4) is 0 Å². The van der Waals surface area contributed by atoms with Crippen molar-refractivity contribution in [2.75, 3.05) is 13.1 Å². The quantitative estimate of drug-likeness (QED) is 0.703. The highest BCUT2D eigenvalue weighted by atomic mass is 16.4. The van der Waals surface area contributed by atoms with Crippen LogP contribution in [-0.4, -0.2) is 39.7 Å². The summed E-state index contributed by atoms with van der Waals surface area (Å²) < 4.78 is 6.05. The van der Waals surface area contributed by atoms with Crippen LogP contribution in [0.1, 0.15) is 19.2 Å². The van der Waals surface area contributed by atoms with Crippen molar-refractivity contribution in [2.24, 2.45) is 0 Å². The molecule has 3 amide bonds. The van der Waals surface area contributed by atoms with Gasteiger partial charge in [0.25, 0.3) is 0 Å². The second-order valence-electron chi connectivity index (χ2n) is 3.94. The SMILES string of the molecule is CCCc1nn(CCN2C(=O)CNC2=O)c(=O)o1. The van der Waals surface area contributed by atoms with E-state index in [1.165, 1.54) is 0 Å². The van der Waals surface area contributed by atoms with Crippen LogP contribution in [-0.2, 0) is 17.8 Å². The summed E-state index contributed by atoms with van der Waals surface area (Å²) in [6.45, 7) is 2.22. The van der Waals surface area contributed by atoms with Crippen LogP contribution >= 0.6 is 0 Å². The van der Waals surface area contributed by atoms with Gasteiger partial charge in [-0.1, -0.05) is 6.92 Å². The monoisotopic (exact) mass is 254 g/mol. The summed E-state index contributed by atoms with van der Waals surface area (Å²) in [5.41, 5.74) is 0. The van der Waals surface area contributed by atoms with Crippen LogP contribution < -0.4 is 11.1 Å². The minimum Gasteiger partial charge on any atom is -0.392 e. The maximum atomic E-state index is 11.4. The predicted molar refractivity (Wildman–Crippen MR) is 59.9 cm³/mol. The van der Waals surface area contributed by atoms with Gasteiger partial charge in [-0.15, -0.1) is 5.10 Å². The van der Waals surface area contributed by atoms with Gasteiger partial charge in [-0.2, -0.15) is 4.68 Å².